The quantitative estimate of drug-likeness (QED) is 0.0282. The lowest BCUT2D eigenvalue weighted by Crippen LogP contribution is -2.51. The van der Waals surface area contributed by atoms with Crippen LogP contribution in [0.2, 0.25) is 0 Å². The van der Waals surface area contributed by atoms with Crippen LogP contribution in [0.15, 0.2) is 131 Å². The molecule has 82 heavy (non-hydrogen) atoms. The fourth-order valence-corrected chi connectivity index (χ4v) is 14.9. The second-order valence-electron chi connectivity index (χ2n) is 20.9. The molecule has 4 saturated heterocycles. The number of benzene rings is 4. The maximum absolute atomic E-state index is 14.4. The lowest BCUT2D eigenvalue weighted by Gasteiger charge is -2.39. The highest BCUT2D eigenvalue weighted by Gasteiger charge is 2.38. The van der Waals surface area contributed by atoms with E-state index in [1.165, 1.54) is 24.3 Å². The number of hydrogen-bond acceptors (Lipinski definition) is 19. The molecule has 6 N–H and O–H groups in total. The van der Waals surface area contributed by atoms with Gasteiger partial charge in [0.1, 0.15) is 23.3 Å². The van der Waals surface area contributed by atoms with E-state index in [9.17, 15) is 30.2 Å². The fourth-order valence-electron chi connectivity index (χ4n) is 10.9. The van der Waals surface area contributed by atoms with Gasteiger partial charge in [-0.15, -0.1) is 0 Å². The molecule has 0 saturated carbocycles. The number of piperidine rings is 2. The van der Waals surface area contributed by atoms with Crippen molar-refractivity contribution in [1.29, 1.82) is 0 Å². The summed E-state index contributed by atoms with van der Waals surface area (Å²) in [6.07, 6.45) is 9.49. The van der Waals surface area contributed by atoms with Gasteiger partial charge in [-0.05, 0) is 200 Å². The van der Waals surface area contributed by atoms with Gasteiger partial charge >= 0.3 is 8.25 Å². The van der Waals surface area contributed by atoms with Crippen molar-refractivity contribution in [3.8, 4) is 0 Å². The Labute approximate surface area is 479 Å². The fraction of sp³-hybridized carbons (Fsp3) is 0.429. The van der Waals surface area contributed by atoms with Gasteiger partial charge in [0.05, 0.1) is 23.0 Å². The van der Waals surface area contributed by atoms with Crippen LogP contribution in [-0.2, 0) is 33.7 Å². The van der Waals surface area contributed by atoms with Crippen LogP contribution in [0.1, 0.15) is 51.4 Å². The molecule has 2 atom stereocenters. The molecular weight excluding hydrogens is 1110 g/mol. The summed E-state index contributed by atoms with van der Waals surface area (Å²) in [4.78, 5) is 22.4. The van der Waals surface area contributed by atoms with Crippen molar-refractivity contribution in [2.45, 2.75) is 85.3 Å². The Morgan fingerprint density at radius 3 is 1.26 bits per heavy atom. The first-order chi connectivity index (χ1) is 39.8. The Morgan fingerprint density at radius 2 is 0.890 bits per heavy atom. The number of hydrogen-bond donors (Lipinski definition) is 6. The molecule has 0 spiro atoms. The van der Waals surface area contributed by atoms with Gasteiger partial charge < -0.3 is 50.7 Å². The van der Waals surface area contributed by atoms with E-state index < -0.39 is 28.3 Å². The minimum Gasteiger partial charge on any atom is -0.340 e. The summed E-state index contributed by atoms with van der Waals surface area (Å²) in [6, 6.07) is 28.2. The van der Waals surface area contributed by atoms with Gasteiger partial charge in [0.15, 0.2) is 0 Å². The molecule has 21 nitrogen and oxygen atoms in total. The number of likely N-dealkylation sites (tertiary alicyclic amines) is 2. The first kappa shape index (κ1) is 59.1. The number of anilines is 8. The number of nitrogens with zero attached hydrogens (tertiary/aromatic N) is 8. The van der Waals surface area contributed by atoms with Crippen molar-refractivity contribution in [3.63, 3.8) is 0 Å². The van der Waals surface area contributed by atoms with Crippen LogP contribution < -0.4 is 31.9 Å². The average Bonchev–Trinajstić information content (AvgIpc) is 4.25. The SMILES string of the molecule is O=[PH](OCCN1CCC(N(CC2CCCN2)S(=O)(=O)c2ccc(Nc3nccc(Nc4ccc(F)cc4)n3)cc2)CC1)OCCN1CCC(N(CC2CCCN2)S(=O)(=O)c2ccc(Nc3nccc(Nc4ccc(F)cc4)n3)cc2)CC1. The molecule has 0 amide bonds. The van der Waals surface area contributed by atoms with Crippen LogP contribution in [0.4, 0.5) is 55.1 Å². The average molecular weight is 1190 g/mol. The van der Waals surface area contributed by atoms with Gasteiger partial charge in [-0.3, -0.25) is 4.57 Å². The summed E-state index contributed by atoms with van der Waals surface area (Å²) < 4.78 is 112. The van der Waals surface area contributed by atoms with Crippen molar-refractivity contribution in [3.05, 3.63) is 133 Å². The minimum atomic E-state index is -3.87. The van der Waals surface area contributed by atoms with E-state index in [2.05, 4.69) is 61.6 Å². The summed E-state index contributed by atoms with van der Waals surface area (Å²) in [6.45, 7) is 6.54. The van der Waals surface area contributed by atoms with E-state index in [4.69, 9.17) is 9.05 Å². The molecule has 10 rings (SSSR count). The topological polar surface area (TPSA) is 241 Å². The molecule has 6 heterocycles. The van der Waals surface area contributed by atoms with Crippen molar-refractivity contribution < 1.29 is 39.2 Å². The second kappa shape index (κ2) is 28.0. The van der Waals surface area contributed by atoms with Crippen LogP contribution >= 0.6 is 8.25 Å². The zero-order chi connectivity index (χ0) is 56.9. The molecule has 4 fully saturated rings. The van der Waals surface area contributed by atoms with Crippen LogP contribution in [0, 0.1) is 11.6 Å². The first-order valence-corrected chi connectivity index (χ1v) is 32.1. The van der Waals surface area contributed by atoms with Gasteiger partial charge in [-0.25, -0.2) is 35.6 Å². The van der Waals surface area contributed by atoms with Gasteiger partial charge in [0, 0.05) is 85.5 Å². The molecule has 4 aliphatic rings. The predicted molar refractivity (Wildman–Crippen MR) is 313 cm³/mol. The Kier molecular flexibility index (Phi) is 20.2. The molecule has 0 bridgehead atoms. The number of aromatic nitrogens is 4. The summed E-state index contributed by atoms with van der Waals surface area (Å²) in [5.41, 5.74) is 2.55. The van der Waals surface area contributed by atoms with E-state index >= 15 is 0 Å². The Morgan fingerprint density at radius 1 is 0.524 bits per heavy atom. The molecule has 4 aromatic carbocycles. The summed E-state index contributed by atoms with van der Waals surface area (Å²) in [7, 11) is -10.5. The summed E-state index contributed by atoms with van der Waals surface area (Å²) in [5.74, 6) is 0.933. The first-order valence-electron chi connectivity index (χ1n) is 28.0. The zero-order valence-corrected chi connectivity index (χ0v) is 48.1. The summed E-state index contributed by atoms with van der Waals surface area (Å²) in [5, 5.41) is 19.5. The van der Waals surface area contributed by atoms with Crippen LogP contribution in [0.3, 0.4) is 0 Å². The van der Waals surface area contributed by atoms with Crippen molar-refractivity contribution in [2.75, 3.05) is 99.9 Å². The molecule has 4 aliphatic heterocycles. The maximum atomic E-state index is 14.4. The van der Waals surface area contributed by atoms with E-state index in [1.807, 2.05) is 0 Å². The third-order valence-corrected chi connectivity index (χ3v) is 20.0. The normalized spacial score (nSPS) is 19.2. The van der Waals surface area contributed by atoms with E-state index in [1.54, 1.807) is 106 Å². The van der Waals surface area contributed by atoms with Gasteiger partial charge in [-0.2, -0.15) is 18.6 Å². The van der Waals surface area contributed by atoms with Crippen molar-refractivity contribution in [1.82, 2.24) is 49.0 Å². The number of halogens is 2. The lowest BCUT2D eigenvalue weighted by atomic mass is 10.0. The third kappa shape index (κ3) is 16.2. The van der Waals surface area contributed by atoms with Crippen LogP contribution in [-0.4, -0.2) is 158 Å². The highest BCUT2D eigenvalue weighted by Crippen LogP contribution is 2.31. The van der Waals surface area contributed by atoms with Crippen molar-refractivity contribution >= 4 is 74.6 Å². The highest BCUT2D eigenvalue weighted by molar-refractivity contribution is 7.89. The molecule has 0 radical (unpaired) electrons. The third-order valence-electron chi connectivity index (χ3n) is 15.3. The number of nitrogens with one attached hydrogen (secondary N) is 6. The second-order valence-corrected chi connectivity index (χ2v) is 25.8. The van der Waals surface area contributed by atoms with Crippen molar-refractivity contribution in [2.24, 2.45) is 0 Å². The number of sulfonamides is 2. The van der Waals surface area contributed by atoms with E-state index in [-0.39, 0.29) is 58.8 Å². The molecule has 2 aromatic heterocycles. The summed E-state index contributed by atoms with van der Waals surface area (Å²) >= 11 is 0. The standard InChI is InChI=1S/C56H71F2N14O7PS2/c57-41-5-9-43(10-6-41)63-53-21-29-61-55(67-53)65-45-13-17-51(18-14-45)81(74,75)71(39-47-3-1-27-59-47)49-23-31-69(32-24-49)35-37-78-80(73)79-38-36-70-33-25-50(26-34-70)72(40-48-4-2-28-60-48)82(76,77)52-19-15-46(16-20-52)66-56-62-30-22-54(68-56)64-44-11-7-42(58)8-12-44/h5-22,29-30,47-50,59-60,80H,1-4,23-28,31-40H2,(H2,61,63,65,67)(H2,62,64,66,68). The Hall–Kier alpha value is -6.09. The smallest absolute Gasteiger partial charge is 0.319 e. The lowest BCUT2D eigenvalue weighted by molar-refractivity contribution is 0.119. The van der Waals surface area contributed by atoms with Gasteiger partial charge in [0.25, 0.3) is 0 Å². The maximum Gasteiger partial charge on any atom is 0.319 e. The molecule has 2 unspecified atom stereocenters. The Balaban J connectivity index is 0.653. The monoisotopic (exact) mass is 1180 g/mol. The molecular formula is C56H71F2N14O7PS2. The number of rotatable bonds is 26. The van der Waals surface area contributed by atoms with Gasteiger partial charge in [0.2, 0.25) is 31.9 Å². The Bertz CT molecular complexity index is 3050. The minimum absolute atomic E-state index is 0.0623. The van der Waals surface area contributed by atoms with E-state index in [0.29, 0.717) is 124 Å². The largest absolute Gasteiger partial charge is 0.340 e. The molecule has 0 aliphatic carbocycles. The predicted octanol–water partition coefficient (Wildman–Crippen LogP) is 8.06. The molecule has 26 heteroatoms. The molecule has 6 aromatic rings. The van der Waals surface area contributed by atoms with Crippen LogP contribution in [0.25, 0.3) is 0 Å². The van der Waals surface area contributed by atoms with Gasteiger partial charge in [-0.1, -0.05) is 0 Å². The van der Waals surface area contributed by atoms with Crippen LogP contribution in [0.5, 0.6) is 0 Å². The molecule has 438 valence electrons. The highest BCUT2D eigenvalue weighted by atomic mass is 32.2. The van der Waals surface area contributed by atoms with E-state index in [0.717, 1.165) is 38.8 Å². The zero-order valence-electron chi connectivity index (χ0n) is 45.5.